The monoisotopic (exact) mass is 316 g/mol. The van der Waals surface area contributed by atoms with Crippen LogP contribution in [-0.4, -0.2) is 21.3 Å². The van der Waals surface area contributed by atoms with Gasteiger partial charge in [0.25, 0.3) is 0 Å². The molecule has 0 spiro atoms. The average Bonchev–Trinajstić information content (AvgIpc) is 2.81. The minimum absolute atomic E-state index is 0.0665. The molecule has 0 aliphatic rings. The van der Waals surface area contributed by atoms with E-state index in [0.29, 0.717) is 6.54 Å². The second-order valence-corrected chi connectivity index (χ2v) is 6.33. The van der Waals surface area contributed by atoms with Crippen LogP contribution in [0.2, 0.25) is 0 Å². The summed E-state index contributed by atoms with van der Waals surface area (Å²) in [5.74, 6) is 0.849. The number of aryl methyl sites for hydroxylation is 2. The van der Waals surface area contributed by atoms with E-state index in [9.17, 15) is 5.11 Å². The zero-order valence-electron chi connectivity index (χ0n) is 12.0. The molecule has 0 bridgehead atoms. The summed E-state index contributed by atoms with van der Waals surface area (Å²) in [4.78, 5) is 6.85. The van der Waals surface area contributed by atoms with E-state index in [1.54, 1.807) is 11.3 Å². The third-order valence-electron chi connectivity index (χ3n) is 3.60. The largest absolute Gasteiger partial charge is 0.395 e. The molecule has 3 rings (SSSR count). The van der Waals surface area contributed by atoms with Gasteiger partial charge in [-0.15, -0.1) is 11.3 Å². The second-order valence-electron chi connectivity index (χ2n) is 4.94. The second kappa shape index (κ2) is 5.67. The molecule has 0 aliphatic heterocycles. The number of hydrogen-bond donors (Lipinski definition) is 1. The minimum Gasteiger partial charge on any atom is -0.395 e. The fourth-order valence-electron chi connectivity index (χ4n) is 2.55. The van der Waals surface area contributed by atoms with Gasteiger partial charge >= 0.3 is 0 Å². The Morgan fingerprint density at radius 1 is 1.24 bits per heavy atom. The average molecular weight is 316 g/mol. The molecule has 0 atom stereocenters. The Morgan fingerprint density at radius 3 is 2.62 bits per heavy atom. The normalized spacial score (nSPS) is 11.2. The van der Waals surface area contributed by atoms with Crippen molar-refractivity contribution in [2.24, 2.45) is 0 Å². The van der Waals surface area contributed by atoms with Crippen LogP contribution in [0.25, 0.3) is 20.7 Å². The van der Waals surface area contributed by atoms with Gasteiger partial charge in [0.2, 0.25) is 0 Å². The van der Waals surface area contributed by atoms with Gasteiger partial charge in [-0.05, 0) is 25.0 Å². The summed E-state index contributed by atoms with van der Waals surface area (Å²) in [6.07, 6.45) is 0. The number of hydrogen-bond acceptors (Lipinski definition) is 4. The van der Waals surface area contributed by atoms with Crippen LogP contribution < -0.4 is 0 Å². The molecule has 108 valence electrons. The van der Waals surface area contributed by atoms with Crippen molar-refractivity contribution in [1.82, 2.24) is 9.55 Å². The van der Waals surface area contributed by atoms with Crippen LogP contribution >= 0.6 is 23.6 Å². The van der Waals surface area contributed by atoms with E-state index < -0.39 is 0 Å². The van der Waals surface area contributed by atoms with Crippen LogP contribution in [0.15, 0.2) is 30.3 Å². The standard InChI is InChI=1S/C16H16N2OS2/c1-10-13-15(17-11(2)18(8-9-19)16(13)20)21-14(10)12-6-4-3-5-7-12/h3-7,19H,8-9H2,1-2H3. The first-order valence-corrected chi connectivity index (χ1v) is 8.02. The van der Waals surface area contributed by atoms with Crippen molar-refractivity contribution in [2.75, 3.05) is 6.61 Å². The molecular weight excluding hydrogens is 300 g/mol. The summed E-state index contributed by atoms with van der Waals surface area (Å²) in [7, 11) is 0. The number of rotatable bonds is 3. The lowest BCUT2D eigenvalue weighted by Crippen LogP contribution is -2.09. The van der Waals surface area contributed by atoms with E-state index in [-0.39, 0.29) is 6.61 Å². The Labute approximate surface area is 132 Å². The highest BCUT2D eigenvalue weighted by Gasteiger charge is 2.15. The lowest BCUT2D eigenvalue weighted by Gasteiger charge is -2.09. The Bertz CT molecular complexity index is 850. The molecule has 3 aromatic rings. The molecule has 1 aromatic carbocycles. The van der Waals surface area contributed by atoms with Gasteiger partial charge in [-0.1, -0.05) is 42.5 Å². The molecule has 0 saturated carbocycles. The quantitative estimate of drug-likeness (QED) is 0.739. The van der Waals surface area contributed by atoms with Gasteiger partial charge in [-0.2, -0.15) is 0 Å². The maximum absolute atomic E-state index is 9.20. The molecule has 0 saturated heterocycles. The number of aliphatic hydroxyl groups excluding tert-OH is 1. The molecule has 0 radical (unpaired) electrons. The van der Waals surface area contributed by atoms with Crippen molar-refractivity contribution in [2.45, 2.75) is 20.4 Å². The van der Waals surface area contributed by atoms with E-state index in [2.05, 4.69) is 24.0 Å². The van der Waals surface area contributed by atoms with Crippen LogP contribution in [0.1, 0.15) is 11.4 Å². The third-order valence-corrected chi connectivity index (χ3v) is 5.26. The Morgan fingerprint density at radius 2 is 1.95 bits per heavy atom. The molecule has 0 fully saturated rings. The number of aromatic nitrogens is 2. The minimum atomic E-state index is 0.0665. The van der Waals surface area contributed by atoms with E-state index in [1.165, 1.54) is 16.0 Å². The fourth-order valence-corrected chi connectivity index (χ4v) is 4.32. The van der Waals surface area contributed by atoms with Crippen molar-refractivity contribution in [3.05, 3.63) is 46.4 Å². The molecule has 1 N–H and O–H groups in total. The van der Waals surface area contributed by atoms with Gasteiger partial charge in [-0.25, -0.2) is 4.98 Å². The van der Waals surface area contributed by atoms with E-state index in [4.69, 9.17) is 12.2 Å². The zero-order chi connectivity index (χ0) is 15.0. The fraction of sp³-hybridized carbons (Fsp3) is 0.250. The predicted octanol–water partition coefficient (Wildman–Crippen LogP) is 4.10. The number of nitrogens with zero attached hydrogens (tertiary/aromatic N) is 2. The van der Waals surface area contributed by atoms with E-state index in [0.717, 1.165) is 20.7 Å². The lowest BCUT2D eigenvalue weighted by atomic mass is 10.1. The summed E-state index contributed by atoms with van der Waals surface area (Å²) in [6, 6.07) is 10.3. The Kier molecular flexibility index (Phi) is 3.89. The smallest absolute Gasteiger partial charge is 0.129 e. The van der Waals surface area contributed by atoms with Crippen molar-refractivity contribution >= 4 is 33.8 Å². The maximum atomic E-state index is 9.20. The van der Waals surface area contributed by atoms with Crippen molar-refractivity contribution in [3.8, 4) is 10.4 Å². The molecule has 2 heterocycles. The van der Waals surface area contributed by atoms with Gasteiger partial charge in [0, 0.05) is 16.8 Å². The van der Waals surface area contributed by atoms with Gasteiger partial charge in [0.1, 0.15) is 15.3 Å². The number of fused-ring (bicyclic) bond motifs is 1. The molecule has 3 nitrogen and oxygen atoms in total. The Hall–Kier alpha value is -1.56. The third kappa shape index (κ3) is 2.41. The highest BCUT2D eigenvalue weighted by atomic mass is 32.1. The summed E-state index contributed by atoms with van der Waals surface area (Å²) >= 11 is 7.29. The van der Waals surface area contributed by atoms with Gasteiger partial charge < -0.3 is 9.67 Å². The summed E-state index contributed by atoms with van der Waals surface area (Å²) in [5.41, 5.74) is 2.36. The maximum Gasteiger partial charge on any atom is 0.129 e. The van der Waals surface area contributed by atoms with Crippen molar-refractivity contribution in [3.63, 3.8) is 0 Å². The van der Waals surface area contributed by atoms with Crippen molar-refractivity contribution in [1.29, 1.82) is 0 Å². The summed E-state index contributed by atoms with van der Waals surface area (Å²) in [5, 5.41) is 10.2. The topological polar surface area (TPSA) is 38.0 Å². The molecule has 21 heavy (non-hydrogen) atoms. The highest BCUT2D eigenvalue weighted by Crippen LogP contribution is 2.37. The van der Waals surface area contributed by atoms with Gasteiger partial charge in [-0.3, -0.25) is 0 Å². The van der Waals surface area contributed by atoms with E-state index in [1.807, 2.05) is 29.7 Å². The number of thiophene rings is 1. The first kappa shape index (κ1) is 14.4. The molecule has 0 aliphatic carbocycles. The van der Waals surface area contributed by atoms with Crippen LogP contribution in [0, 0.1) is 18.5 Å². The summed E-state index contributed by atoms with van der Waals surface area (Å²) in [6.45, 7) is 4.58. The number of aliphatic hydroxyl groups is 1. The first-order chi connectivity index (χ1) is 10.1. The molecule has 5 heteroatoms. The van der Waals surface area contributed by atoms with Crippen LogP contribution in [0.3, 0.4) is 0 Å². The Balaban J connectivity index is 2.31. The predicted molar refractivity (Wildman–Crippen MR) is 90.4 cm³/mol. The molecule has 0 amide bonds. The lowest BCUT2D eigenvalue weighted by molar-refractivity contribution is 0.273. The van der Waals surface area contributed by atoms with Crippen molar-refractivity contribution < 1.29 is 5.11 Å². The summed E-state index contributed by atoms with van der Waals surface area (Å²) < 4.78 is 2.68. The number of benzene rings is 1. The van der Waals surface area contributed by atoms with Crippen LogP contribution in [-0.2, 0) is 6.54 Å². The molecule has 2 aromatic heterocycles. The van der Waals surface area contributed by atoms with Crippen LogP contribution in [0.4, 0.5) is 0 Å². The van der Waals surface area contributed by atoms with Gasteiger partial charge in [0.15, 0.2) is 0 Å². The van der Waals surface area contributed by atoms with E-state index >= 15 is 0 Å². The molecular formula is C16H16N2OS2. The molecule has 0 unspecified atom stereocenters. The first-order valence-electron chi connectivity index (χ1n) is 6.80. The van der Waals surface area contributed by atoms with Gasteiger partial charge in [0.05, 0.1) is 6.61 Å². The SMILES string of the molecule is Cc1c(-c2ccccc2)sc2nc(C)n(CCO)c(=S)c12. The zero-order valence-corrected chi connectivity index (χ0v) is 13.6. The van der Waals surface area contributed by atoms with Crippen LogP contribution in [0.5, 0.6) is 0 Å². The highest BCUT2D eigenvalue weighted by molar-refractivity contribution is 7.71.